The lowest BCUT2D eigenvalue weighted by atomic mass is 10.2. The molecule has 0 radical (unpaired) electrons. The molecule has 3 rings (SSSR count). The van der Waals surface area contributed by atoms with E-state index >= 15 is 0 Å². The predicted molar refractivity (Wildman–Crippen MR) is 67.7 cm³/mol. The molecule has 0 bridgehead atoms. The lowest BCUT2D eigenvalue weighted by Crippen LogP contribution is -1.91. The Bertz CT molecular complexity index is 663. The molecule has 0 spiro atoms. The van der Waals surface area contributed by atoms with Crippen molar-refractivity contribution >= 4 is 5.82 Å². The van der Waals surface area contributed by atoms with Crippen molar-refractivity contribution in [3.8, 4) is 23.0 Å². The summed E-state index contributed by atoms with van der Waals surface area (Å²) in [7, 11) is 0. The Morgan fingerprint density at radius 2 is 1.95 bits per heavy atom. The highest BCUT2D eigenvalue weighted by atomic mass is 16.5. The second-order valence-corrected chi connectivity index (χ2v) is 3.88. The number of hydrogen-bond acceptors (Lipinski definition) is 7. The molecule has 3 aromatic heterocycles. The van der Waals surface area contributed by atoms with Gasteiger partial charge >= 0.3 is 0 Å². The Kier molecular flexibility index (Phi) is 2.64. The molecule has 3 heterocycles. The van der Waals surface area contributed by atoms with E-state index in [4.69, 9.17) is 10.3 Å². The number of rotatable bonds is 2. The monoisotopic (exact) mass is 254 g/mol. The summed E-state index contributed by atoms with van der Waals surface area (Å²) in [5.74, 6) is 1.84. The second kappa shape index (κ2) is 4.45. The molecule has 0 fully saturated rings. The quantitative estimate of drug-likeness (QED) is 0.738. The average Bonchev–Trinajstić information content (AvgIpc) is 2.88. The van der Waals surface area contributed by atoms with Crippen LogP contribution in [0.5, 0.6) is 0 Å². The van der Waals surface area contributed by atoms with Crippen LogP contribution in [-0.4, -0.2) is 25.1 Å². The van der Waals surface area contributed by atoms with Crippen molar-refractivity contribution in [2.45, 2.75) is 6.92 Å². The van der Waals surface area contributed by atoms with E-state index in [2.05, 4.69) is 25.1 Å². The van der Waals surface area contributed by atoms with Crippen LogP contribution in [0.2, 0.25) is 0 Å². The zero-order valence-electron chi connectivity index (χ0n) is 10.1. The Labute approximate surface area is 108 Å². The fraction of sp³-hybridized carbons (Fsp3) is 0.0833. The molecule has 7 heteroatoms. The van der Waals surface area contributed by atoms with Gasteiger partial charge in [0.05, 0.1) is 0 Å². The third-order valence-electron chi connectivity index (χ3n) is 2.46. The summed E-state index contributed by atoms with van der Waals surface area (Å²) < 4.78 is 5.20. The van der Waals surface area contributed by atoms with E-state index in [1.807, 2.05) is 0 Å². The maximum atomic E-state index is 5.61. The third kappa shape index (κ3) is 2.25. The van der Waals surface area contributed by atoms with Crippen LogP contribution < -0.4 is 5.73 Å². The van der Waals surface area contributed by atoms with Crippen LogP contribution in [0.15, 0.2) is 35.1 Å². The number of nitrogens with zero attached hydrogens (tertiary/aromatic N) is 5. The van der Waals surface area contributed by atoms with E-state index in [9.17, 15) is 0 Å². The van der Waals surface area contributed by atoms with Gasteiger partial charge in [-0.1, -0.05) is 5.16 Å². The Balaban J connectivity index is 2.00. The summed E-state index contributed by atoms with van der Waals surface area (Å²) in [6.45, 7) is 1.80. The SMILES string of the molecule is Cc1nccc(-c2noc(-c3ccnc(N)c3)n2)n1. The maximum absolute atomic E-state index is 5.61. The summed E-state index contributed by atoms with van der Waals surface area (Å²) in [5.41, 5.74) is 6.95. The number of aromatic nitrogens is 5. The van der Waals surface area contributed by atoms with Gasteiger partial charge in [-0.05, 0) is 25.1 Å². The van der Waals surface area contributed by atoms with Crippen molar-refractivity contribution < 1.29 is 4.52 Å². The molecule has 0 atom stereocenters. The molecule has 0 saturated heterocycles. The van der Waals surface area contributed by atoms with E-state index in [0.29, 0.717) is 29.1 Å². The van der Waals surface area contributed by atoms with Crippen LogP contribution >= 0.6 is 0 Å². The molecule has 7 nitrogen and oxygen atoms in total. The first-order valence-electron chi connectivity index (χ1n) is 5.58. The van der Waals surface area contributed by atoms with Crippen LogP contribution in [0.25, 0.3) is 23.0 Å². The van der Waals surface area contributed by atoms with Gasteiger partial charge in [0.25, 0.3) is 5.89 Å². The van der Waals surface area contributed by atoms with Gasteiger partial charge in [-0.25, -0.2) is 15.0 Å². The molecule has 0 aliphatic rings. The molecule has 94 valence electrons. The minimum absolute atomic E-state index is 0.375. The van der Waals surface area contributed by atoms with Crippen molar-refractivity contribution in [3.05, 3.63) is 36.4 Å². The topological polar surface area (TPSA) is 104 Å². The number of hydrogen-bond donors (Lipinski definition) is 1. The van der Waals surface area contributed by atoms with E-state index in [-0.39, 0.29) is 0 Å². The first-order valence-corrected chi connectivity index (χ1v) is 5.58. The van der Waals surface area contributed by atoms with Gasteiger partial charge in [0.2, 0.25) is 5.82 Å². The second-order valence-electron chi connectivity index (χ2n) is 3.88. The van der Waals surface area contributed by atoms with Gasteiger partial charge in [-0.3, -0.25) is 0 Å². The molecule has 0 aromatic carbocycles. The Morgan fingerprint density at radius 1 is 1.11 bits per heavy atom. The summed E-state index contributed by atoms with van der Waals surface area (Å²) >= 11 is 0. The summed E-state index contributed by atoms with van der Waals surface area (Å²) in [4.78, 5) is 16.4. The van der Waals surface area contributed by atoms with Crippen LogP contribution in [0, 0.1) is 6.92 Å². The molecule has 0 saturated carbocycles. The smallest absolute Gasteiger partial charge is 0.258 e. The predicted octanol–water partition coefficient (Wildman–Crippen LogP) is 1.48. The van der Waals surface area contributed by atoms with Gasteiger partial charge in [0, 0.05) is 18.0 Å². The third-order valence-corrected chi connectivity index (χ3v) is 2.46. The Hall–Kier alpha value is -2.83. The van der Waals surface area contributed by atoms with Gasteiger partial charge in [0.15, 0.2) is 0 Å². The van der Waals surface area contributed by atoms with Gasteiger partial charge in [-0.15, -0.1) is 0 Å². The van der Waals surface area contributed by atoms with E-state index in [1.54, 1.807) is 37.5 Å². The Morgan fingerprint density at radius 3 is 2.74 bits per heavy atom. The fourth-order valence-corrected chi connectivity index (χ4v) is 1.61. The standard InChI is InChI=1S/C12H10N6O/c1-7-14-5-3-9(16-7)11-17-12(19-18-11)8-2-4-15-10(13)6-8/h2-6H,1H3,(H2,13,15). The first kappa shape index (κ1) is 11.3. The number of anilines is 1. The highest BCUT2D eigenvalue weighted by molar-refractivity contribution is 5.59. The summed E-state index contributed by atoms with van der Waals surface area (Å²) in [6, 6.07) is 5.14. The van der Waals surface area contributed by atoms with Gasteiger partial charge in [0.1, 0.15) is 17.3 Å². The van der Waals surface area contributed by atoms with Crippen molar-refractivity contribution in [1.29, 1.82) is 0 Å². The molecule has 0 aliphatic heterocycles. The van der Waals surface area contributed by atoms with Crippen LogP contribution in [0.3, 0.4) is 0 Å². The van der Waals surface area contributed by atoms with Crippen molar-refractivity contribution in [2.24, 2.45) is 0 Å². The minimum Gasteiger partial charge on any atom is -0.384 e. The molecule has 3 aromatic rings. The van der Waals surface area contributed by atoms with Crippen LogP contribution in [0.1, 0.15) is 5.82 Å². The minimum atomic E-state index is 0.375. The lowest BCUT2D eigenvalue weighted by Gasteiger charge is -1.95. The number of nitrogens with two attached hydrogens (primary N) is 1. The molecular weight excluding hydrogens is 244 g/mol. The molecule has 19 heavy (non-hydrogen) atoms. The van der Waals surface area contributed by atoms with E-state index in [0.717, 1.165) is 5.56 Å². The van der Waals surface area contributed by atoms with E-state index in [1.165, 1.54) is 0 Å². The van der Waals surface area contributed by atoms with Crippen molar-refractivity contribution in [1.82, 2.24) is 25.1 Å². The normalized spacial score (nSPS) is 10.6. The number of pyridine rings is 1. The highest BCUT2D eigenvalue weighted by Crippen LogP contribution is 2.21. The number of nitrogen functional groups attached to an aromatic ring is 1. The zero-order valence-corrected chi connectivity index (χ0v) is 10.1. The molecule has 2 N–H and O–H groups in total. The maximum Gasteiger partial charge on any atom is 0.258 e. The van der Waals surface area contributed by atoms with Gasteiger partial charge < -0.3 is 10.3 Å². The van der Waals surface area contributed by atoms with Crippen molar-refractivity contribution in [3.63, 3.8) is 0 Å². The molecule has 0 aliphatic carbocycles. The van der Waals surface area contributed by atoms with Crippen molar-refractivity contribution in [2.75, 3.05) is 5.73 Å². The highest BCUT2D eigenvalue weighted by Gasteiger charge is 2.12. The molecule has 0 unspecified atom stereocenters. The summed E-state index contributed by atoms with van der Waals surface area (Å²) in [6.07, 6.45) is 3.24. The lowest BCUT2D eigenvalue weighted by molar-refractivity contribution is 0.432. The summed E-state index contributed by atoms with van der Waals surface area (Å²) in [5, 5.41) is 3.90. The average molecular weight is 254 g/mol. The molecular formula is C12H10N6O. The van der Waals surface area contributed by atoms with Crippen LogP contribution in [0.4, 0.5) is 5.82 Å². The van der Waals surface area contributed by atoms with E-state index < -0.39 is 0 Å². The largest absolute Gasteiger partial charge is 0.384 e. The van der Waals surface area contributed by atoms with Crippen LogP contribution in [-0.2, 0) is 0 Å². The van der Waals surface area contributed by atoms with Gasteiger partial charge in [-0.2, -0.15) is 4.98 Å². The zero-order chi connectivity index (χ0) is 13.2. The number of aryl methyl sites for hydroxylation is 1. The first-order chi connectivity index (χ1) is 9.22. The molecule has 0 amide bonds. The fourth-order valence-electron chi connectivity index (χ4n) is 1.61.